The van der Waals surface area contributed by atoms with Gasteiger partial charge in [0.15, 0.2) is 5.96 Å². The van der Waals surface area contributed by atoms with Gasteiger partial charge in [0.2, 0.25) is 5.91 Å². The molecule has 7 heteroatoms. The van der Waals surface area contributed by atoms with Crippen LogP contribution < -0.4 is 10.6 Å². The number of guanidine groups is 1. The molecule has 0 bridgehead atoms. The van der Waals surface area contributed by atoms with E-state index >= 15 is 0 Å². The number of halogens is 2. The fourth-order valence-corrected chi connectivity index (χ4v) is 4.53. The van der Waals surface area contributed by atoms with E-state index in [0.717, 1.165) is 51.6 Å². The Morgan fingerprint density at radius 2 is 1.90 bits per heavy atom. The van der Waals surface area contributed by atoms with Crippen LogP contribution in [-0.2, 0) is 10.2 Å². The van der Waals surface area contributed by atoms with Crippen LogP contribution in [0.25, 0.3) is 0 Å². The second-order valence-corrected chi connectivity index (χ2v) is 8.04. The van der Waals surface area contributed by atoms with Crippen LogP contribution in [0.2, 0.25) is 0 Å². The summed E-state index contributed by atoms with van der Waals surface area (Å²) in [6.45, 7) is 5.33. The Morgan fingerprint density at radius 3 is 2.52 bits per heavy atom. The number of amides is 1. The number of benzene rings is 1. The number of carbonyl (C=O) groups excluding carboxylic acids is 1. The van der Waals surface area contributed by atoms with Crippen molar-refractivity contribution in [3.05, 3.63) is 35.4 Å². The van der Waals surface area contributed by atoms with Gasteiger partial charge in [0, 0.05) is 43.6 Å². The van der Waals surface area contributed by atoms with E-state index in [9.17, 15) is 13.6 Å². The van der Waals surface area contributed by atoms with Gasteiger partial charge in [0.1, 0.15) is 11.6 Å². The van der Waals surface area contributed by atoms with E-state index in [1.807, 2.05) is 11.8 Å². The van der Waals surface area contributed by atoms with E-state index < -0.39 is 17.0 Å². The molecule has 2 fully saturated rings. The zero-order chi connectivity index (χ0) is 20.7. The Labute approximate surface area is 172 Å². The van der Waals surface area contributed by atoms with Gasteiger partial charge in [-0.1, -0.05) is 18.9 Å². The van der Waals surface area contributed by atoms with E-state index in [-0.39, 0.29) is 11.5 Å². The number of hydrogen-bond acceptors (Lipinski definition) is 2. The second-order valence-electron chi connectivity index (χ2n) is 8.04. The summed E-state index contributed by atoms with van der Waals surface area (Å²) in [5, 5.41) is 6.51. The second kappa shape index (κ2) is 10.0. The summed E-state index contributed by atoms with van der Waals surface area (Å²) in [6.07, 6.45) is 5.84. The highest BCUT2D eigenvalue weighted by atomic mass is 19.1. The molecule has 1 aromatic rings. The van der Waals surface area contributed by atoms with E-state index in [4.69, 9.17) is 4.99 Å². The monoisotopic (exact) mass is 406 g/mol. The molecule has 29 heavy (non-hydrogen) atoms. The van der Waals surface area contributed by atoms with Gasteiger partial charge in [0.25, 0.3) is 0 Å². The molecule has 5 nitrogen and oxygen atoms in total. The maximum absolute atomic E-state index is 14.5. The number of aliphatic imine (C=N–C) groups is 1. The smallest absolute Gasteiger partial charge is 0.222 e. The largest absolute Gasteiger partial charge is 0.357 e. The Balaban J connectivity index is 1.63. The summed E-state index contributed by atoms with van der Waals surface area (Å²) in [4.78, 5) is 18.3. The first-order valence-corrected chi connectivity index (χ1v) is 10.8. The summed E-state index contributed by atoms with van der Waals surface area (Å²) in [5.74, 6) is -0.0605. The summed E-state index contributed by atoms with van der Waals surface area (Å²) in [5.41, 5.74) is -0.399. The van der Waals surface area contributed by atoms with Gasteiger partial charge in [-0.15, -0.1) is 0 Å². The van der Waals surface area contributed by atoms with Crippen molar-refractivity contribution in [3.63, 3.8) is 0 Å². The van der Waals surface area contributed by atoms with Crippen molar-refractivity contribution in [1.82, 2.24) is 15.5 Å². The van der Waals surface area contributed by atoms with Crippen molar-refractivity contribution in [3.8, 4) is 0 Å². The van der Waals surface area contributed by atoms with Crippen LogP contribution in [0.1, 0.15) is 57.4 Å². The molecule has 1 aliphatic heterocycles. The minimum absolute atomic E-state index is 0.185. The van der Waals surface area contributed by atoms with Crippen molar-refractivity contribution in [2.45, 2.75) is 57.3 Å². The normalized spacial score (nSPS) is 19.1. The van der Waals surface area contributed by atoms with Crippen LogP contribution >= 0.6 is 0 Å². The van der Waals surface area contributed by atoms with Crippen molar-refractivity contribution >= 4 is 11.9 Å². The molecular formula is C22H32F2N4O. The number of nitrogens with one attached hydrogen (secondary N) is 2. The van der Waals surface area contributed by atoms with Gasteiger partial charge in [0.05, 0.1) is 6.54 Å². The third-order valence-electron chi connectivity index (χ3n) is 6.01. The molecule has 160 valence electrons. The third kappa shape index (κ3) is 5.25. The Hall–Kier alpha value is -2.18. The van der Waals surface area contributed by atoms with Gasteiger partial charge >= 0.3 is 0 Å². The molecule has 0 aromatic heterocycles. The minimum atomic E-state index is -0.584. The maximum atomic E-state index is 14.5. The molecule has 3 rings (SSSR count). The summed E-state index contributed by atoms with van der Waals surface area (Å²) >= 11 is 0. The number of hydrogen-bond donors (Lipinski definition) is 2. The molecule has 1 saturated heterocycles. The van der Waals surface area contributed by atoms with E-state index in [1.165, 1.54) is 18.2 Å². The van der Waals surface area contributed by atoms with Crippen LogP contribution in [-0.4, -0.2) is 49.5 Å². The molecule has 1 aromatic carbocycles. The molecular weight excluding hydrogens is 374 g/mol. The topological polar surface area (TPSA) is 56.7 Å². The minimum Gasteiger partial charge on any atom is -0.357 e. The fraction of sp³-hybridized carbons (Fsp3) is 0.636. The molecule has 1 heterocycles. The fourth-order valence-electron chi connectivity index (χ4n) is 4.53. The quantitative estimate of drug-likeness (QED) is 0.396. The zero-order valence-electron chi connectivity index (χ0n) is 17.3. The molecule has 0 unspecified atom stereocenters. The predicted octanol–water partition coefficient (Wildman–Crippen LogP) is 3.34. The van der Waals surface area contributed by atoms with E-state index in [0.29, 0.717) is 32.0 Å². The average molecular weight is 407 g/mol. The van der Waals surface area contributed by atoms with Crippen LogP contribution in [0.4, 0.5) is 8.78 Å². The van der Waals surface area contributed by atoms with Gasteiger partial charge in [-0.3, -0.25) is 9.79 Å². The molecule has 2 aliphatic rings. The molecule has 2 N–H and O–H groups in total. The lowest BCUT2D eigenvalue weighted by Crippen LogP contribution is -2.40. The maximum Gasteiger partial charge on any atom is 0.222 e. The van der Waals surface area contributed by atoms with Crippen LogP contribution in [0, 0.1) is 11.6 Å². The van der Waals surface area contributed by atoms with Gasteiger partial charge in [-0.2, -0.15) is 0 Å². The zero-order valence-corrected chi connectivity index (χ0v) is 17.3. The average Bonchev–Trinajstić information content (AvgIpc) is 3.33. The molecule has 0 spiro atoms. The first-order chi connectivity index (χ1) is 14.1. The lowest BCUT2D eigenvalue weighted by Gasteiger charge is -2.29. The van der Waals surface area contributed by atoms with E-state index in [2.05, 4.69) is 10.6 Å². The summed E-state index contributed by atoms with van der Waals surface area (Å²) < 4.78 is 29.0. The number of nitrogens with zero attached hydrogens (tertiary/aromatic N) is 2. The van der Waals surface area contributed by atoms with Crippen LogP contribution in [0.3, 0.4) is 0 Å². The van der Waals surface area contributed by atoms with Crippen LogP contribution in [0.15, 0.2) is 23.2 Å². The number of rotatable bonds is 8. The van der Waals surface area contributed by atoms with Gasteiger partial charge < -0.3 is 15.5 Å². The summed E-state index contributed by atoms with van der Waals surface area (Å²) in [7, 11) is 0. The van der Waals surface area contributed by atoms with E-state index in [1.54, 1.807) is 0 Å². The third-order valence-corrected chi connectivity index (χ3v) is 6.01. The molecule has 1 amide bonds. The highest BCUT2D eigenvalue weighted by Gasteiger charge is 2.39. The Kier molecular flexibility index (Phi) is 7.45. The van der Waals surface area contributed by atoms with Crippen molar-refractivity contribution in [2.24, 2.45) is 4.99 Å². The standard InChI is InChI=1S/C22H32F2N4O/c1-2-25-21(26-13-7-15-28-14-6-10-19(28)29)27-16-22(11-3-4-12-22)20-17(23)8-5-9-18(20)24/h5,8-9H,2-4,6-7,10-16H2,1H3,(H2,25,26,27). The van der Waals surface area contributed by atoms with Crippen molar-refractivity contribution in [1.29, 1.82) is 0 Å². The highest BCUT2D eigenvalue weighted by molar-refractivity contribution is 5.80. The molecule has 0 radical (unpaired) electrons. The van der Waals surface area contributed by atoms with Crippen molar-refractivity contribution in [2.75, 3.05) is 32.7 Å². The van der Waals surface area contributed by atoms with Crippen LogP contribution in [0.5, 0.6) is 0 Å². The SMILES string of the molecule is CCNC(=NCC1(c2c(F)cccc2F)CCCC1)NCCCN1CCCC1=O. The highest BCUT2D eigenvalue weighted by Crippen LogP contribution is 2.43. The number of carbonyl (C=O) groups is 1. The molecule has 0 atom stereocenters. The molecule has 1 saturated carbocycles. The Bertz CT molecular complexity index is 711. The summed E-state index contributed by atoms with van der Waals surface area (Å²) in [6, 6.07) is 4.09. The van der Waals surface area contributed by atoms with Gasteiger partial charge in [-0.25, -0.2) is 8.78 Å². The predicted molar refractivity (Wildman–Crippen MR) is 111 cm³/mol. The first-order valence-electron chi connectivity index (χ1n) is 10.8. The molecule has 1 aliphatic carbocycles. The first kappa shape index (κ1) is 21.5. The van der Waals surface area contributed by atoms with Gasteiger partial charge in [-0.05, 0) is 44.7 Å². The van der Waals surface area contributed by atoms with Crippen molar-refractivity contribution < 1.29 is 13.6 Å². The number of likely N-dealkylation sites (tertiary alicyclic amines) is 1. The lowest BCUT2D eigenvalue weighted by atomic mass is 9.78. The lowest BCUT2D eigenvalue weighted by molar-refractivity contribution is -0.127. The Morgan fingerprint density at radius 1 is 1.17 bits per heavy atom.